The largest absolute Gasteiger partial charge is 0.361 e. The summed E-state index contributed by atoms with van der Waals surface area (Å²) in [6.07, 6.45) is 1.86. The highest BCUT2D eigenvalue weighted by Crippen LogP contribution is 2.23. The Bertz CT molecular complexity index is 773. The topological polar surface area (TPSA) is 36.1 Å². The second kappa shape index (κ2) is 4.85. The number of aromatic amines is 1. The van der Waals surface area contributed by atoms with Gasteiger partial charge in [0.25, 0.3) is 5.91 Å². The van der Waals surface area contributed by atoms with Crippen molar-refractivity contribution in [3.05, 3.63) is 65.9 Å². The van der Waals surface area contributed by atoms with Crippen LogP contribution in [0, 0.1) is 6.92 Å². The molecular weight excluding hydrogens is 248 g/mol. The molecule has 0 saturated heterocycles. The number of hydrogen-bond acceptors (Lipinski definition) is 1. The summed E-state index contributed by atoms with van der Waals surface area (Å²) in [5, 5.41) is 0.956. The van der Waals surface area contributed by atoms with E-state index in [-0.39, 0.29) is 5.91 Å². The lowest BCUT2D eigenvalue weighted by molar-refractivity contribution is 0.0994. The van der Waals surface area contributed by atoms with Crippen molar-refractivity contribution in [3.8, 4) is 0 Å². The predicted molar refractivity (Wildman–Crippen MR) is 82.2 cm³/mol. The molecule has 1 amide bonds. The third-order valence-corrected chi connectivity index (χ3v) is 3.61. The number of hydrogen-bond donors (Lipinski definition) is 1. The van der Waals surface area contributed by atoms with Crippen molar-refractivity contribution in [2.24, 2.45) is 0 Å². The number of carbonyl (C=O) groups excluding carboxylic acids is 1. The van der Waals surface area contributed by atoms with Crippen molar-refractivity contribution in [1.82, 2.24) is 4.98 Å². The number of fused-ring (bicyclic) bond motifs is 1. The van der Waals surface area contributed by atoms with Gasteiger partial charge < -0.3 is 9.88 Å². The molecule has 1 N–H and O–H groups in total. The second-order valence-electron chi connectivity index (χ2n) is 4.90. The van der Waals surface area contributed by atoms with E-state index < -0.39 is 0 Å². The number of rotatable bonds is 2. The molecular formula is C17H16N2O. The van der Waals surface area contributed by atoms with Gasteiger partial charge >= 0.3 is 0 Å². The molecule has 100 valence electrons. The number of aryl methyl sites for hydroxylation is 1. The van der Waals surface area contributed by atoms with Crippen LogP contribution in [0.2, 0.25) is 0 Å². The van der Waals surface area contributed by atoms with Crippen LogP contribution in [0.15, 0.2) is 54.7 Å². The zero-order valence-electron chi connectivity index (χ0n) is 11.6. The Balaban J connectivity index is 2.05. The summed E-state index contributed by atoms with van der Waals surface area (Å²) < 4.78 is 0. The van der Waals surface area contributed by atoms with Gasteiger partial charge in [0, 0.05) is 35.4 Å². The van der Waals surface area contributed by atoms with Crippen molar-refractivity contribution >= 4 is 22.5 Å². The van der Waals surface area contributed by atoms with Gasteiger partial charge in [-0.1, -0.05) is 24.3 Å². The summed E-state index contributed by atoms with van der Waals surface area (Å²) in [6, 6.07) is 15.6. The zero-order valence-corrected chi connectivity index (χ0v) is 11.6. The molecule has 0 bridgehead atoms. The van der Waals surface area contributed by atoms with E-state index >= 15 is 0 Å². The highest BCUT2D eigenvalue weighted by atomic mass is 16.2. The van der Waals surface area contributed by atoms with Gasteiger partial charge in [-0.2, -0.15) is 0 Å². The third kappa shape index (κ3) is 1.97. The molecule has 1 heterocycles. The molecule has 20 heavy (non-hydrogen) atoms. The average Bonchev–Trinajstić information content (AvgIpc) is 2.94. The Kier molecular flexibility index (Phi) is 3.03. The van der Waals surface area contributed by atoms with Gasteiger partial charge in [0.2, 0.25) is 0 Å². The first-order valence-corrected chi connectivity index (χ1v) is 6.58. The number of para-hydroxylation sites is 1. The number of H-pyrrole nitrogens is 1. The number of carbonyl (C=O) groups is 1. The van der Waals surface area contributed by atoms with Crippen molar-refractivity contribution in [2.45, 2.75) is 6.92 Å². The maximum Gasteiger partial charge on any atom is 0.258 e. The smallest absolute Gasteiger partial charge is 0.258 e. The molecule has 3 nitrogen and oxygen atoms in total. The van der Waals surface area contributed by atoms with Crippen LogP contribution in [0.4, 0.5) is 5.69 Å². The molecule has 0 radical (unpaired) electrons. The first-order valence-electron chi connectivity index (χ1n) is 6.58. The first kappa shape index (κ1) is 12.5. The molecule has 0 spiro atoms. The zero-order chi connectivity index (χ0) is 14.1. The quantitative estimate of drug-likeness (QED) is 0.751. The van der Waals surface area contributed by atoms with Crippen molar-refractivity contribution in [2.75, 3.05) is 11.9 Å². The van der Waals surface area contributed by atoms with E-state index in [0.29, 0.717) is 0 Å². The van der Waals surface area contributed by atoms with E-state index in [9.17, 15) is 4.79 Å². The molecule has 0 atom stereocenters. The summed E-state index contributed by atoms with van der Waals surface area (Å²) in [5.74, 6) is 0.00417. The summed E-state index contributed by atoms with van der Waals surface area (Å²) in [4.78, 5) is 17.6. The number of aromatic nitrogens is 1. The highest BCUT2D eigenvalue weighted by molar-refractivity contribution is 6.13. The number of amides is 1. The molecule has 0 unspecified atom stereocenters. The molecule has 3 aromatic rings. The van der Waals surface area contributed by atoms with Gasteiger partial charge in [0.1, 0.15) is 0 Å². The number of anilines is 1. The lowest BCUT2D eigenvalue weighted by Gasteiger charge is -2.20. The standard InChI is InChI=1S/C17H16N2O/c1-12-6-3-4-9-16(12)19(2)17(20)14-7-5-8-15-13(14)10-11-18-15/h3-11,18H,1-2H3. The second-order valence-corrected chi connectivity index (χ2v) is 4.90. The summed E-state index contributed by atoms with van der Waals surface area (Å²) in [5.41, 5.74) is 3.72. The summed E-state index contributed by atoms with van der Waals surface area (Å²) >= 11 is 0. The van der Waals surface area contributed by atoms with E-state index in [1.54, 1.807) is 4.90 Å². The van der Waals surface area contributed by atoms with Gasteiger partial charge in [0.05, 0.1) is 0 Å². The molecule has 3 heteroatoms. The average molecular weight is 264 g/mol. The highest BCUT2D eigenvalue weighted by Gasteiger charge is 2.17. The van der Waals surface area contributed by atoms with Crippen LogP contribution in [-0.4, -0.2) is 17.9 Å². The van der Waals surface area contributed by atoms with Crippen LogP contribution in [0.25, 0.3) is 10.9 Å². The molecule has 3 rings (SSSR count). The van der Waals surface area contributed by atoms with Crippen molar-refractivity contribution in [1.29, 1.82) is 0 Å². The van der Waals surface area contributed by atoms with E-state index in [1.807, 2.05) is 68.7 Å². The Morgan fingerprint density at radius 1 is 1.05 bits per heavy atom. The van der Waals surface area contributed by atoms with E-state index in [2.05, 4.69) is 4.98 Å². The van der Waals surface area contributed by atoms with Crippen molar-refractivity contribution in [3.63, 3.8) is 0 Å². The minimum absolute atomic E-state index is 0.00417. The van der Waals surface area contributed by atoms with Crippen LogP contribution in [-0.2, 0) is 0 Å². The van der Waals surface area contributed by atoms with E-state index in [4.69, 9.17) is 0 Å². The van der Waals surface area contributed by atoms with Crippen LogP contribution in [0.3, 0.4) is 0 Å². The van der Waals surface area contributed by atoms with Crippen LogP contribution in [0.5, 0.6) is 0 Å². The fourth-order valence-corrected chi connectivity index (χ4v) is 2.50. The molecule has 0 saturated carbocycles. The lowest BCUT2D eigenvalue weighted by Crippen LogP contribution is -2.27. The predicted octanol–water partition coefficient (Wildman–Crippen LogP) is 3.75. The van der Waals surface area contributed by atoms with E-state index in [0.717, 1.165) is 27.7 Å². The van der Waals surface area contributed by atoms with Crippen molar-refractivity contribution < 1.29 is 4.79 Å². The minimum Gasteiger partial charge on any atom is -0.361 e. The minimum atomic E-state index is 0.00417. The van der Waals surface area contributed by atoms with Crippen LogP contribution in [0.1, 0.15) is 15.9 Å². The molecule has 0 aliphatic rings. The van der Waals surface area contributed by atoms with E-state index in [1.165, 1.54) is 0 Å². The fourth-order valence-electron chi connectivity index (χ4n) is 2.50. The van der Waals surface area contributed by atoms with Crippen LogP contribution >= 0.6 is 0 Å². The Hall–Kier alpha value is -2.55. The monoisotopic (exact) mass is 264 g/mol. The third-order valence-electron chi connectivity index (χ3n) is 3.61. The Morgan fingerprint density at radius 3 is 2.65 bits per heavy atom. The molecule has 1 aromatic heterocycles. The van der Waals surface area contributed by atoms with Gasteiger partial charge in [-0.3, -0.25) is 4.79 Å². The molecule has 0 aliphatic heterocycles. The maximum absolute atomic E-state index is 12.7. The molecule has 2 aromatic carbocycles. The SMILES string of the molecule is Cc1ccccc1N(C)C(=O)c1cccc2[nH]ccc12. The number of nitrogens with zero attached hydrogens (tertiary/aromatic N) is 1. The molecule has 0 aliphatic carbocycles. The maximum atomic E-state index is 12.7. The van der Waals surface area contributed by atoms with Gasteiger partial charge in [-0.05, 0) is 36.8 Å². The number of nitrogens with one attached hydrogen (secondary N) is 1. The fraction of sp³-hybridized carbons (Fsp3) is 0.118. The summed E-state index contributed by atoms with van der Waals surface area (Å²) in [6.45, 7) is 2.01. The Labute approximate surface area is 117 Å². The Morgan fingerprint density at radius 2 is 1.85 bits per heavy atom. The summed E-state index contributed by atoms with van der Waals surface area (Å²) in [7, 11) is 1.82. The van der Waals surface area contributed by atoms with Gasteiger partial charge in [-0.25, -0.2) is 0 Å². The molecule has 0 fully saturated rings. The normalized spacial score (nSPS) is 10.7. The van der Waals surface area contributed by atoms with Crippen LogP contribution < -0.4 is 4.90 Å². The van der Waals surface area contributed by atoms with Gasteiger partial charge in [0.15, 0.2) is 0 Å². The first-order chi connectivity index (χ1) is 9.68. The number of benzene rings is 2. The van der Waals surface area contributed by atoms with Gasteiger partial charge in [-0.15, -0.1) is 0 Å². The lowest BCUT2D eigenvalue weighted by atomic mass is 10.1.